The van der Waals surface area contributed by atoms with Crippen LogP contribution in [-0.2, 0) is 0 Å². The minimum atomic E-state index is 0.488. The van der Waals surface area contributed by atoms with Crippen molar-refractivity contribution in [3.63, 3.8) is 0 Å². The maximum Gasteiger partial charge on any atom is 0.110 e. The van der Waals surface area contributed by atoms with Crippen LogP contribution in [0.15, 0.2) is 12.1 Å². The summed E-state index contributed by atoms with van der Waals surface area (Å²) in [7, 11) is 0. The van der Waals surface area contributed by atoms with Crippen molar-refractivity contribution in [3.05, 3.63) is 21.9 Å². The largest absolute Gasteiger partial charge is 0.330 e. The van der Waals surface area contributed by atoms with E-state index in [4.69, 9.17) is 11.0 Å². The first-order chi connectivity index (χ1) is 5.77. The zero-order valence-corrected chi connectivity index (χ0v) is 7.90. The quantitative estimate of drug-likeness (QED) is 0.774. The normalized spacial score (nSPS) is 12.4. The van der Waals surface area contributed by atoms with Gasteiger partial charge in [-0.05, 0) is 31.0 Å². The number of rotatable bonds is 3. The van der Waals surface area contributed by atoms with Crippen LogP contribution in [0.2, 0.25) is 0 Å². The van der Waals surface area contributed by atoms with Crippen molar-refractivity contribution in [2.75, 3.05) is 6.54 Å². The Morgan fingerprint density at radius 3 is 2.92 bits per heavy atom. The summed E-state index contributed by atoms with van der Waals surface area (Å²) < 4.78 is 0. The summed E-state index contributed by atoms with van der Waals surface area (Å²) in [5.41, 5.74) is 5.45. The molecule has 0 fully saturated rings. The second-order valence-electron chi connectivity index (χ2n) is 2.79. The average molecular weight is 180 g/mol. The minimum absolute atomic E-state index is 0.488. The first kappa shape index (κ1) is 9.24. The third kappa shape index (κ3) is 2.07. The Hall–Kier alpha value is -0.850. The molecule has 2 nitrogen and oxygen atoms in total. The van der Waals surface area contributed by atoms with E-state index in [1.165, 1.54) is 4.88 Å². The van der Waals surface area contributed by atoms with Gasteiger partial charge in [0.15, 0.2) is 0 Å². The number of hydrogen-bond donors (Lipinski definition) is 1. The molecule has 1 rings (SSSR count). The van der Waals surface area contributed by atoms with Crippen molar-refractivity contribution in [3.8, 4) is 6.07 Å². The van der Waals surface area contributed by atoms with E-state index in [9.17, 15) is 0 Å². The number of nitrogens with zero attached hydrogens (tertiary/aromatic N) is 1. The molecule has 1 atom stereocenters. The van der Waals surface area contributed by atoms with Gasteiger partial charge in [-0.25, -0.2) is 0 Å². The molecule has 0 saturated carbocycles. The van der Waals surface area contributed by atoms with E-state index in [2.05, 4.69) is 13.0 Å². The molecule has 2 N–H and O–H groups in total. The fraction of sp³-hybridized carbons (Fsp3) is 0.444. The monoisotopic (exact) mass is 180 g/mol. The second kappa shape index (κ2) is 4.24. The standard InChI is InChI=1S/C9H12N2S/c1-7(4-5-10)9-3-2-8(6-11)12-9/h2-3,7H,4-5,10H2,1H3. The van der Waals surface area contributed by atoms with Gasteiger partial charge in [0, 0.05) is 4.88 Å². The predicted octanol–water partition coefficient (Wildman–Crippen LogP) is 2.07. The zero-order chi connectivity index (χ0) is 8.97. The molecule has 0 amide bonds. The van der Waals surface area contributed by atoms with E-state index < -0.39 is 0 Å². The Balaban J connectivity index is 2.69. The summed E-state index contributed by atoms with van der Waals surface area (Å²) in [6, 6.07) is 6.02. The van der Waals surface area contributed by atoms with Crippen LogP contribution in [0.4, 0.5) is 0 Å². The number of hydrogen-bond acceptors (Lipinski definition) is 3. The van der Waals surface area contributed by atoms with Gasteiger partial charge in [0.25, 0.3) is 0 Å². The second-order valence-corrected chi connectivity index (χ2v) is 3.91. The molecule has 0 aliphatic carbocycles. The molecule has 0 saturated heterocycles. The van der Waals surface area contributed by atoms with Gasteiger partial charge < -0.3 is 5.73 Å². The maximum atomic E-state index is 8.60. The molecule has 0 spiro atoms. The molecule has 0 bridgehead atoms. The van der Waals surface area contributed by atoms with E-state index >= 15 is 0 Å². The first-order valence-corrected chi connectivity index (χ1v) is 4.79. The van der Waals surface area contributed by atoms with Crippen LogP contribution in [0.1, 0.15) is 29.0 Å². The summed E-state index contributed by atoms with van der Waals surface area (Å²) in [5, 5.41) is 8.60. The summed E-state index contributed by atoms with van der Waals surface area (Å²) in [4.78, 5) is 2.05. The van der Waals surface area contributed by atoms with Crippen molar-refractivity contribution >= 4 is 11.3 Å². The SMILES string of the molecule is CC(CCN)c1ccc(C#N)s1. The molecule has 1 heterocycles. The lowest BCUT2D eigenvalue weighted by Gasteiger charge is -2.05. The molecule has 3 heteroatoms. The van der Waals surface area contributed by atoms with E-state index in [-0.39, 0.29) is 0 Å². The van der Waals surface area contributed by atoms with Crippen LogP contribution in [0, 0.1) is 11.3 Å². The number of nitrogens with two attached hydrogens (primary N) is 1. The fourth-order valence-electron chi connectivity index (χ4n) is 1.07. The van der Waals surface area contributed by atoms with Crippen molar-refractivity contribution in [1.82, 2.24) is 0 Å². The van der Waals surface area contributed by atoms with Gasteiger partial charge in [0.2, 0.25) is 0 Å². The van der Waals surface area contributed by atoms with Gasteiger partial charge in [-0.3, -0.25) is 0 Å². The molecule has 1 aromatic heterocycles. The first-order valence-electron chi connectivity index (χ1n) is 3.98. The number of thiophene rings is 1. The van der Waals surface area contributed by atoms with E-state index in [1.807, 2.05) is 12.1 Å². The average Bonchev–Trinajstić information content (AvgIpc) is 2.52. The zero-order valence-electron chi connectivity index (χ0n) is 7.08. The van der Waals surface area contributed by atoms with Gasteiger partial charge >= 0.3 is 0 Å². The summed E-state index contributed by atoms with van der Waals surface area (Å²) in [5.74, 6) is 0.488. The molecule has 0 aliphatic rings. The molecular weight excluding hydrogens is 168 g/mol. The highest BCUT2D eigenvalue weighted by atomic mass is 32.1. The van der Waals surface area contributed by atoms with Crippen LogP contribution in [-0.4, -0.2) is 6.54 Å². The Morgan fingerprint density at radius 2 is 2.42 bits per heavy atom. The summed E-state index contributed by atoms with van der Waals surface area (Å²) >= 11 is 1.56. The Labute approximate surface area is 76.6 Å². The van der Waals surface area contributed by atoms with Gasteiger partial charge in [-0.1, -0.05) is 6.92 Å². The van der Waals surface area contributed by atoms with Gasteiger partial charge in [0.1, 0.15) is 10.9 Å². The van der Waals surface area contributed by atoms with Crippen LogP contribution in [0.25, 0.3) is 0 Å². The summed E-state index contributed by atoms with van der Waals surface area (Å²) in [6.45, 7) is 2.85. The molecular formula is C9H12N2S. The van der Waals surface area contributed by atoms with Gasteiger partial charge in [-0.15, -0.1) is 11.3 Å². The van der Waals surface area contributed by atoms with Crippen LogP contribution in [0.5, 0.6) is 0 Å². The van der Waals surface area contributed by atoms with Crippen molar-refractivity contribution in [1.29, 1.82) is 5.26 Å². The smallest absolute Gasteiger partial charge is 0.110 e. The lowest BCUT2D eigenvalue weighted by atomic mass is 10.1. The van der Waals surface area contributed by atoms with Crippen molar-refractivity contribution in [2.45, 2.75) is 19.3 Å². The van der Waals surface area contributed by atoms with Crippen LogP contribution in [0.3, 0.4) is 0 Å². The lowest BCUT2D eigenvalue weighted by Crippen LogP contribution is -2.03. The predicted molar refractivity (Wildman–Crippen MR) is 51.1 cm³/mol. The van der Waals surface area contributed by atoms with E-state index in [0.29, 0.717) is 12.5 Å². The highest BCUT2D eigenvalue weighted by Crippen LogP contribution is 2.25. The molecule has 0 aromatic carbocycles. The van der Waals surface area contributed by atoms with E-state index in [0.717, 1.165) is 11.3 Å². The van der Waals surface area contributed by atoms with Crippen molar-refractivity contribution < 1.29 is 0 Å². The summed E-state index contributed by atoms with van der Waals surface area (Å²) in [6.07, 6.45) is 0.991. The Bertz CT molecular complexity index is 285. The van der Waals surface area contributed by atoms with Gasteiger partial charge in [-0.2, -0.15) is 5.26 Å². The lowest BCUT2D eigenvalue weighted by molar-refractivity contribution is 0.701. The molecule has 1 aromatic rings. The highest BCUT2D eigenvalue weighted by molar-refractivity contribution is 7.12. The molecule has 0 radical (unpaired) electrons. The molecule has 12 heavy (non-hydrogen) atoms. The third-order valence-corrected chi connectivity index (χ3v) is 3.04. The maximum absolute atomic E-state index is 8.60. The topological polar surface area (TPSA) is 49.8 Å². The highest BCUT2D eigenvalue weighted by Gasteiger charge is 2.06. The van der Waals surface area contributed by atoms with Gasteiger partial charge in [0.05, 0.1) is 0 Å². The number of nitriles is 1. The Kier molecular flexibility index (Phi) is 3.27. The molecule has 0 aliphatic heterocycles. The minimum Gasteiger partial charge on any atom is -0.330 e. The van der Waals surface area contributed by atoms with Crippen LogP contribution >= 0.6 is 11.3 Å². The van der Waals surface area contributed by atoms with Crippen molar-refractivity contribution in [2.24, 2.45) is 5.73 Å². The van der Waals surface area contributed by atoms with Crippen LogP contribution < -0.4 is 5.73 Å². The molecule has 1 unspecified atom stereocenters. The molecule has 64 valence electrons. The van der Waals surface area contributed by atoms with E-state index in [1.54, 1.807) is 11.3 Å². The Morgan fingerprint density at radius 1 is 1.67 bits per heavy atom. The fourth-order valence-corrected chi connectivity index (χ4v) is 1.96. The third-order valence-electron chi connectivity index (χ3n) is 1.82.